The molecule has 3 rings (SSSR count). The van der Waals surface area contributed by atoms with Gasteiger partial charge in [-0.1, -0.05) is 18.2 Å². The Morgan fingerprint density at radius 1 is 1.07 bits per heavy atom. The fourth-order valence-electron chi connectivity index (χ4n) is 3.51. The van der Waals surface area contributed by atoms with E-state index in [0.717, 1.165) is 5.56 Å². The van der Waals surface area contributed by atoms with Crippen LogP contribution in [0.25, 0.3) is 0 Å². The van der Waals surface area contributed by atoms with Gasteiger partial charge in [0.15, 0.2) is 0 Å². The molecule has 7 heteroatoms. The summed E-state index contributed by atoms with van der Waals surface area (Å²) in [7, 11) is 0. The highest BCUT2D eigenvalue weighted by atomic mass is 16.6. The zero-order chi connectivity index (χ0) is 19.8. The fraction of sp³-hybridized carbons (Fsp3) is 0.550. The van der Waals surface area contributed by atoms with Crippen LogP contribution in [0.3, 0.4) is 0 Å². The van der Waals surface area contributed by atoms with E-state index in [1.807, 2.05) is 50.8 Å². The molecule has 0 saturated carbocycles. The first-order valence-electron chi connectivity index (χ1n) is 9.32. The highest BCUT2D eigenvalue weighted by Gasteiger charge is 2.44. The Bertz CT molecular complexity index is 748. The number of hydrogen-bond acceptors (Lipinski definition) is 5. The normalized spacial score (nSPS) is 21.7. The first-order chi connectivity index (χ1) is 12.7. The molecule has 0 aliphatic carbocycles. The van der Waals surface area contributed by atoms with Crippen molar-refractivity contribution in [3.05, 3.63) is 29.8 Å². The Kier molecular flexibility index (Phi) is 5.24. The molecular formula is C20H27N3O4. The van der Waals surface area contributed by atoms with Gasteiger partial charge in [0.2, 0.25) is 5.91 Å². The van der Waals surface area contributed by atoms with E-state index in [9.17, 15) is 14.4 Å². The van der Waals surface area contributed by atoms with Crippen molar-refractivity contribution in [2.24, 2.45) is 0 Å². The second-order valence-corrected chi connectivity index (χ2v) is 8.08. The molecule has 1 aromatic rings. The number of rotatable bonds is 2. The van der Waals surface area contributed by atoms with Crippen molar-refractivity contribution in [2.45, 2.75) is 45.8 Å². The maximum absolute atomic E-state index is 12.9. The summed E-state index contributed by atoms with van der Waals surface area (Å²) in [5.74, 6) is -0.353. The molecule has 27 heavy (non-hydrogen) atoms. The molecular weight excluding hydrogens is 346 g/mol. The number of nitrogens with zero attached hydrogens (tertiary/aromatic N) is 3. The van der Waals surface area contributed by atoms with E-state index in [-0.39, 0.29) is 24.3 Å². The van der Waals surface area contributed by atoms with Crippen molar-refractivity contribution in [3.8, 4) is 0 Å². The van der Waals surface area contributed by atoms with Gasteiger partial charge < -0.3 is 9.64 Å². The molecule has 2 saturated heterocycles. The van der Waals surface area contributed by atoms with Crippen LogP contribution in [0.5, 0.6) is 0 Å². The van der Waals surface area contributed by atoms with Crippen molar-refractivity contribution >= 4 is 23.6 Å². The van der Waals surface area contributed by atoms with Crippen molar-refractivity contribution in [1.29, 1.82) is 0 Å². The highest BCUT2D eigenvalue weighted by molar-refractivity contribution is 6.22. The monoisotopic (exact) mass is 373 g/mol. The molecule has 0 radical (unpaired) electrons. The minimum atomic E-state index is -0.532. The first kappa shape index (κ1) is 19.4. The van der Waals surface area contributed by atoms with Gasteiger partial charge in [-0.2, -0.15) is 0 Å². The van der Waals surface area contributed by atoms with Gasteiger partial charge in [0.05, 0.1) is 18.2 Å². The smallest absolute Gasteiger partial charge is 0.410 e. The summed E-state index contributed by atoms with van der Waals surface area (Å²) < 4.78 is 5.40. The van der Waals surface area contributed by atoms with Crippen LogP contribution in [0.4, 0.5) is 10.5 Å². The topological polar surface area (TPSA) is 70.2 Å². The van der Waals surface area contributed by atoms with Crippen molar-refractivity contribution in [1.82, 2.24) is 9.80 Å². The van der Waals surface area contributed by atoms with Crippen LogP contribution in [0.1, 0.15) is 32.8 Å². The number of aryl methyl sites for hydroxylation is 1. The molecule has 7 nitrogen and oxygen atoms in total. The number of piperazine rings is 1. The molecule has 2 heterocycles. The lowest BCUT2D eigenvalue weighted by Gasteiger charge is -2.37. The van der Waals surface area contributed by atoms with E-state index >= 15 is 0 Å². The van der Waals surface area contributed by atoms with E-state index in [2.05, 4.69) is 0 Å². The molecule has 1 atom stereocenters. The average Bonchev–Trinajstić information content (AvgIpc) is 2.89. The third kappa shape index (κ3) is 4.13. The molecule has 3 amide bonds. The van der Waals surface area contributed by atoms with Gasteiger partial charge in [-0.05, 0) is 39.3 Å². The SMILES string of the molecule is Cc1ccccc1N1C(=O)CC(N2CCN(C(=O)OC(C)(C)C)CC2)C1=O. The molecule has 0 N–H and O–H groups in total. The molecule has 0 spiro atoms. The van der Waals surface area contributed by atoms with Gasteiger partial charge in [0.1, 0.15) is 5.60 Å². The zero-order valence-electron chi connectivity index (χ0n) is 16.4. The summed E-state index contributed by atoms with van der Waals surface area (Å²) in [4.78, 5) is 42.6. The summed E-state index contributed by atoms with van der Waals surface area (Å²) in [6.45, 7) is 9.46. The number of amides is 3. The van der Waals surface area contributed by atoms with Crippen LogP contribution >= 0.6 is 0 Å². The number of imide groups is 1. The quantitative estimate of drug-likeness (QED) is 0.743. The predicted octanol–water partition coefficient (Wildman–Crippen LogP) is 2.18. The van der Waals surface area contributed by atoms with E-state index in [4.69, 9.17) is 4.74 Å². The fourth-order valence-corrected chi connectivity index (χ4v) is 3.51. The molecule has 0 bridgehead atoms. The standard InChI is InChI=1S/C20H27N3O4/c1-14-7-5-6-8-15(14)23-17(24)13-16(18(23)25)21-9-11-22(12-10-21)19(26)27-20(2,3)4/h5-8,16H,9-13H2,1-4H3. The summed E-state index contributed by atoms with van der Waals surface area (Å²) in [5, 5.41) is 0. The van der Waals surface area contributed by atoms with E-state index in [1.165, 1.54) is 4.90 Å². The number of anilines is 1. The van der Waals surface area contributed by atoms with Crippen LogP contribution < -0.4 is 4.90 Å². The second kappa shape index (κ2) is 7.31. The largest absolute Gasteiger partial charge is 0.444 e. The van der Waals surface area contributed by atoms with Gasteiger partial charge in [-0.25, -0.2) is 9.69 Å². The average molecular weight is 373 g/mol. The van der Waals surface area contributed by atoms with E-state index in [0.29, 0.717) is 31.9 Å². The Labute approximate surface area is 159 Å². The van der Waals surface area contributed by atoms with Gasteiger partial charge >= 0.3 is 6.09 Å². The van der Waals surface area contributed by atoms with Crippen LogP contribution in [0.15, 0.2) is 24.3 Å². The third-order valence-corrected chi connectivity index (χ3v) is 4.89. The third-order valence-electron chi connectivity index (χ3n) is 4.89. The summed E-state index contributed by atoms with van der Waals surface area (Å²) in [6, 6.07) is 6.95. The first-order valence-corrected chi connectivity index (χ1v) is 9.32. The number of benzene rings is 1. The summed E-state index contributed by atoms with van der Waals surface area (Å²) in [6.07, 6.45) is -0.155. The Morgan fingerprint density at radius 2 is 1.70 bits per heavy atom. The predicted molar refractivity (Wildman–Crippen MR) is 101 cm³/mol. The van der Waals surface area contributed by atoms with Crippen molar-refractivity contribution in [2.75, 3.05) is 31.1 Å². The minimum absolute atomic E-state index is 0.172. The van der Waals surface area contributed by atoms with Crippen LogP contribution in [-0.4, -0.2) is 65.5 Å². The van der Waals surface area contributed by atoms with Gasteiger partial charge in [0.25, 0.3) is 5.91 Å². The molecule has 2 fully saturated rings. The lowest BCUT2D eigenvalue weighted by molar-refractivity contribution is -0.123. The second-order valence-electron chi connectivity index (χ2n) is 8.08. The number of hydrogen-bond donors (Lipinski definition) is 0. The van der Waals surface area contributed by atoms with E-state index in [1.54, 1.807) is 11.0 Å². The highest BCUT2D eigenvalue weighted by Crippen LogP contribution is 2.28. The van der Waals surface area contributed by atoms with Crippen molar-refractivity contribution in [3.63, 3.8) is 0 Å². The molecule has 1 aromatic carbocycles. The van der Waals surface area contributed by atoms with Gasteiger partial charge in [-0.3, -0.25) is 14.5 Å². The molecule has 2 aliphatic rings. The molecule has 2 aliphatic heterocycles. The molecule has 0 aromatic heterocycles. The zero-order valence-corrected chi connectivity index (χ0v) is 16.4. The lowest BCUT2D eigenvalue weighted by Crippen LogP contribution is -2.54. The molecule has 1 unspecified atom stereocenters. The van der Waals surface area contributed by atoms with Crippen LogP contribution in [0, 0.1) is 6.92 Å². The summed E-state index contributed by atoms with van der Waals surface area (Å²) in [5.41, 5.74) is 1.02. The van der Waals surface area contributed by atoms with Crippen LogP contribution in [-0.2, 0) is 14.3 Å². The minimum Gasteiger partial charge on any atom is -0.444 e. The number of carbonyl (C=O) groups excluding carboxylic acids is 3. The molecule has 146 valence electrons. The number of ether oxygens (including phenoxy) is 1. The number of carbonyl (C=O) groups is 3. The maximum atomic E-state index is 12.9. The lowest BCUT2D eigenvalue weighted by atomic mass is 10.1. The van der Waals surface area contributed by atoms with E-state index < -0.39 is 11.6 Å². The number of para-hydroxylation sites is 1. The van der Waals surface area contributed by atoms with Crippen molar-refractivity contribution < 1.29 is 19.1 Å². The Balaban J connectivity index is 1.64. The van der Waals surface area contributed by atoms with Gasteiger partial charge in [-0.15, -0.1) is 0 Å². The maximum Gasteiger partial charge on any atom is 0.410 e. The summed E-state index contributed by atoms with van der Waals surface area (Å²) >= 11 is 0. The van der Waals surface area contributed by atoms with Crippen LogP contribution in [0.2, 0.25) is 0 Å². The Morgan fingerprint density at radius 3 is 2.30 bits per heavy atom. The Hall–Kier alpha value is -2.41. The van der Waals surface area contributed by atoms with Gasteiger partial charge in [0, 0.05) is 26.2 Å².